The van der Waals surface area contributed by atoms with Crippen molar-refractivity contribution in [2.24, 2.45) is 30.2 Å². The summed E-state index contributed by atoms with van der Waals surface area (Å²) in [5, 5.41) is 4.19. The first kappa shape index (κ1) is 17.3. The van der Waals surface area contributed by atoms with Gasteiger partial charge in [-0.2, -0.15) is 5.10 Å². The zero-order valence-electron chi connectivity index (χ0n) is 16.5. The predicted octanol–water partition coefficient (Wildman–Crippen LogP) is 2.23. The van der Waals surface area contributed by atoms with Crippen molar-refractivity contribution in [1.82, 2.24) is 19.6 Å². The summed E-state index contributed by atoms with van der Waals surface area (Å²) in [6, 6.07) is 0. The van der Waals surface area contributed by atoms with E-state index in [-0.39, 0.29) is 11.3 Å². The number of rotatable bonds is 2. The minimum atomic E-state index is -0.0686. The Morgan fingerprint density at radius 1 is 0.963 bits per heavy atom. The van der Waals surface area contributed by atoms with Crippen LogP contribution in [0.4, 0.5) is 0 Å². The first-order valence-corrected chi connectivity index (χ1v) is 10.5. The van der Waals surface area contributed by atoms with Crippen LogP contribution in [0.2, 0.25) is 0 Å². The lowest BCUT2D eigenvalue weighted by atomic mass is 9.49. The molecule has 5 aliphatic rings. The summed E-state index contributed by atoms with van der Waals surface area (Å²) >= 11 is 0. The van der Waals surface area contributed by atoms with Crippen LogP contribution in [0, 0.1) is 30.1 Å². The zero-order valence-corrected chi connectivity index (χ0v) is 16.5. The van der Waals surface area contributed by atoms with Crippen molar-refractivity contribution in [2.75, 3.05) is 26.2 Å². The Bertz CT molecular complexity index is 740. The SMILES string of the molecule is Cc1c(C(=O)N2CCN(C(=O)C34CC5CC(CC(C5)C3)C4)CC2)cnn1C. The molecule has 0 unspecified atom stereocenters. The van der Waals surface area contributed by atoms with Crippen molar-refractivity contribution in [3.8, 4) is 0 Å². The van der Waals surface area contributed by atoms with E-state index >= 15 is 0 Å². The van der Waals surface area contributed by atoms with E-state index in [1.807, 2.05) is 18.9 Å². The highest BCUT2D eigenvalue weighted by Gasteiger charge is 2.55. The van der Waals surface area contributed by atoms with Crippen LogP contribution in [0.1, 0.15) is 54.6 Å². The third-order valence-corrected chi connectivity index (χ3v) is 7.81. The first-order chi connectivity index (χ1) is 12.9. The molecule has 5 fully saturated rings. The van der Waals surface area contributed by atoms with Gasteiger partial charge in [-0.05, 0) is 63.2 Å². The Balaban J connectivity index is 1.25. The third-order valence-electron chi connectivity index (χ3n) is 7.81. The molecule has 1 aromatic rings. The van der Waals surface area contributed by atoms with Gasteiger partial charge in [-0.15, -0.1) is 0 Å². The minimum Gasteiger partial charge on any atom is -0.339 e. The standard InChI is InChI=1S/C21H30N4O2/c1-14-18(13-22-23(14)2)19(26)24-3-5-25(6-4-24)20(27)21-10-15-7-16(11-21)9-17(8-15)12-21/h13,15-17H,3-12H2,1-2H3. The molecule has 1 aromatic heterocycles. The molecule has 1 saturated heterocycles. The zero-order chi connectivity index (χ0) is 18.8. The monoisotopic (exact) mass is 370 g/mol. The molecule has 4 saturated carbocycles. The number of hydrogen-bond acceptors (Lipinski definition) is 3. The van der Waals surface area contributed by atoms with Crippen molar-refractivity contribution in [3.05, 3.63) is 17.5 Å². The van der Waals surface area contributed by atoms with E-state index in [2.05, 4.69) is 10.00 Å². The summed E-state index contributed by atoms with van der Waals surface area (Å²) < 4.78 is 1.74. The van der Waals surface area contributed by atoms with Crippen molar-refractivity contribution < 1.29 is 9.59 Å². The average molecular weight is 370 g/mol. The van der Waals surface area contributed by atoms with Gasteiger partial charge in [0.15, 0.2) is 0 Å². The molecule has 0 spiro atoms. The number of nitrogens with zero attached hydrogens (tertiary/aromatic N) is 4. The second-order valence-corrected chi connectivity index (χ2v) is 9.55. The molecule has 146 valence electrons. The molecule has 4 aliphatic carbocycles. The molecule has 0 N–H and O–H groups in total. The number of amides is 2. The normalized spacial score (nSPS) is 35.0. The number of carbonyl (C=O) groups is 2. The molecule has 6 heteroatoms. The molecule has 4 bridgehead atoms. The molecule has 6 nitrogen and oxygen atoms in total. The quantitative estimate of drug-likeness (QED) is 0.802. The van der Waals surface area contributed by atoms with Gasteiger partial charge in [0.25, 0.3) is 5.91 Å². The van der Waals surface area contributed by atoms with E-state index in [1.54, 1.807) is 10.9 Å². The lowest BCUT2D eigenvalue weighted by molar-refractivity contribution is -0.159. The Kier molecular flexibility index (Phi) is 3.89. The van der Waals surface area contributed by atoms with Crippen LogP contribution < -0.4 is 0 Å². The number of hydrogen-bond donors (Lipinski definition) is 0. The molecular weight excluding hydrogens is 340 g/mol. The fourth-order valence-corrected chi connectivity index (χ4v) is 6.70. The van der Waals surface area contributed by atoms with Crippen LogP contribution in [0.25, 0.3) is 0 Å². The van der Waals surface area contributed by atoms with Crippen molar-refractivity contribution in [1.29, 1.82) is 0 Å². The number of piperazine rings is 1. The lowest BCUT2D eigenvalue weighted by Gasteiger charge is -2.57. The largest absolute Gasteiger partial charge is 0.339 e. The van der Waals surface area contributed by atoms with Crippen LogP contribution in [0.15, 0.2) is 6.20 Å². The van der Waals surface area contributed by atoms with Crippen LogP contribution in [-0.4, -0.2) is 57.6 Å². The van der Waals surface area contributed by atoms with E-state index in [4.69, 9.17) is 0 Å². The summed E-state index contributed by atoms with van der Waals surface area (Å²) in [6.45, 7) is 4.53. The summed E-state index contributed by atoms with van der Waals surface area (Å²) in [5.41, 5.74) is 1.51. The van der Waals surface area contributed by atoms with Crippen molar-refractivity contribution in [2.45, 2.75) is 45.4 Å². The summed E-state index contributed by atoms with van der Waals surface area (Å²) in [4.78, 5) is 30.2. The molecule has 27 heavy (non-hydrogen) atoms. The van der Waals surface area contributed by atoms with Gasteiger partial charge >= 0.3 is 0 Å². The van der Waals surface area contributed by atoms with Crippen molar-refractivity contribution in [3.63, 3.8) is 0 Å². The summed E-state index contributed by atoms with van der Waals surface area (Å²) in [6.07, 6.45) is 9.09. The van der Waals surface area contributed by atoms with Gasteiger partial charge in [0.1, 0.15) is 0 Å². The topological polar surface area (TPSA) is 58.4 Å². The smallest absolute Gasteiger partial charge is 0.257 e. The second-order valence-electron chi connectivity index (χ2n) is 9.55. The maximum absolute atomic E-state index is 13.5. The predicted molar refractivity (Wildman–Crippen MR) is 101 cm³/mol. The third kappa shape index (κ3) is 2.71. The number of carbonyl (C=O) groups excluding carboxylic acids is 2. The van der Waals surface area contributed by atoms with Crippen LogP contribution in [0.5, 0.6) is 0 Å². The Labute approximate surface area is 160 Å². The van der Waals surface area contributed by atoms with Gasteiger partial charge in [0.05, 0.1) is 17.2 Å². The highest BCUT2D eigenvalue weighted by Crippen LogP contribution is 2.60. The number of aryl methyl sites for hydroxylation is 1. The average Bonchev–Trinajstić information content (AvgIpc) is 2.98. The van der Waals surface area contributed by atoms with E-state index in [9.17, 15) is 9.59 Å². The summed E-state index contributed by atoms with van der Waals surface area (Å²) in [7, 11) is 1.86. The molecule has 0 radical (unpaired) electrons. The molecule has 2 heterocycles. The Morgan fingerprint density at radius 2 is 1.48 bits per heavy atom. The van der Waals surface area contributed by atoms with Gasteiger partial charge in [-0.3, -0.25) is 14.3 Å². The highest BCUT2D eigenvalue weighted by molar-refractivity contribution is 5.95. The molecule has 6 rings (SSSR count). The van der Waals surface area contributed by atoms with E-state index in [1.165, 1.54) is 19.3 Å². The van der Waals surface area contributed by atoms with Gasteiger partial charge in [-0.25, -0.2) is 0 Å². The fraction of sp³-hybridized carbons (Fsp3) is 0.762. The highest BCUT2D eigenvalue weighted by atomic mass is 16.2. The maximum Gasteiger partial charge on any atom is 0.257 e. The molecule has 2 amide bonds. The Hall–Kier alpha value is -1.85. The lowest BCUT2D eigenvalue weighted by Crippen LogP contribution is -2.58. The molecule has 0 atom stereocenters. The van der Waals surface area contributed by atoms with Gasteiger partial charge in [0.2, 0.25) is 5.91 Å². The fourth-order valence-electron chi connectivity index (χ4n) is 6.70. The van der Waals surface area contributed by atoms with Gasteiger partial charge in [-0.1, -0.05) is 0 Å². The van der Waals surface area contributed by atoms with Crippen molar-refractivity contribution >= 4 is 11.8 Å². The minimum absolute atomic E-state index is 0.0440. The van der Waals surface area contributed by atoms with E-state index in [0.29, 0.717) is 37.6 Å². The van der Waals surface area contributed by atoms with E-state index < -0.39 is 0 Å². The molecule has 0 aromatic carbocycles. The second kappa shape index (κ2) is 6.08. The van der Waals surface area contributed by atoms with Gasteiger partial charge in [0, 0.05) is 38.9 Å². The number of aromatic nitrogens is 2. The summed E-state index contributed by atoms with van der Waals surface area (Å²) in [5.74, 6) is 2.80. The van der Waals surface area contributed by atoms with Crippen LogP contribution in [-0.2, 0) is 11.8 Å². The van der Waals surface area contributed by atoms with E-state index in [0.717, 1.165) is 42.7 Å². The molecule has 1 aliphatic heterocycles. The van der Waals surface area contributed by atoms with Crippen LogP contribution in [0.3, 0.4) is 0 Å². The maximum atomic E-state index is 13.5. The van der Waals surface area contributed by atoms with Crippen LogP contribution >= 0.6 is 0 Å². The molecular formula is C21H30N4O2. The Morgan fingerprint density at radius 3 is 1.96 bits per heavy atom. The van der Waals surface area contributed by atoms with Gasteiger partial charge < -0.3 is 9.80 Å². The first-order valence-electron chi connectivity index (χ1n) is 10.5.